The molecule has 0 unspecified atom stereocenters. The molecule has 0 saturated carbocycles. The highest BCUT2D eigenvalue weighted by molar-refractivity contribution is 7.09. The van der Waals surface area contributed by atoms with E-state index in [0.29, 0.717) is 18.1 Å². The van der Waals surface area contributed by atoms with Gasteiger partial charge in [0.15, 0.2) is 0 Å². The number of methoxy groups -OCH3 is 1. The lowest BCUT2D eigenvalue weighted by Crippen LogP contribution is -2.46. The zero-order chi connectivity index (χ0) is 21.6. The molecule has 31 heavy (non-hydrogen) atoms. The van der Waals surface area contributed by atoms with E-state index in [2.05, 4.69) is 16.8 Å². The van der Waals surface area contributed by atoms with Gasteiger partial charge in [-0.1, -0.05) is 12.5 Å². The van der Waals surface area contributed by atoms with E-state index in [1.54, 1.807) is 18.4 Å². The maximum Gasteiger partial charge on any atom is 0.254 e. The minimum absolute atomic E-state index is 0.0992. The molecule has 0 N–H and O–H groups in total. The lowest BCUT2D eigenvalue weighted by molar-refractivity contribution is -0.00676. The number of benzene rings is 1. The molecule has 168 valence electrons. The molecule has 1 amide bonds. The summed E-state index contributed by atoms with van der Waals surface area (Å²) in [6.45, 7) is 7.01. The van der Waals surface area contributed by atoms with Crippen molar-refractivity contribution in [3.05, 3.63) is 45.9 Å². The molecule has 3 heterocycles. The standard InChI is InChI=1S/C24H33N3O3S/c1-18-23(31-17-25-18)16-26-10-4-3-6-20-15-27(11-9-22(20)29-2)24(28)19-7-5-8-21(14-19)30-13-12-26/h5,7-8,14,17,20,22H,3-4,6,9-13,15-16H2,1-2H3/t20-,22+/m1/s1. The molecule has 0 spiro atoms. The Morgan fingerprint density at radius 1 is 1.23 bits per heavy atom. The fourth-order valence-corrected chi connectivity index (χ4v) is 5.49. The smallest absolute Gasteiger partial charge is 0.254 e. The average molecular weight is 444 g/mol. The molecule has 1 fully saturated rings. The molecule has 2 aliphatic rings. The van der Waals surface area contributed by atoms with Crippen LogP contribution in [0.1, 0.15) is 46.6 Å². The predicted octanol–water partition coefficient (Wildman–Crippen LogP) is 3.99. The van der Waals surface area contributed by atoms with Crippen LogP contribution < -0.4 is 4.74 Å². The van der Waals surface area contributed by atoms with E-state index in [1.165, 1.54) is 4.88 Å². The van der Waals surface area contributed by atoms with Crippen LogP contribution in [0.2, 0.25) is 0 Å². The second kappa shape index (κ2) is 10.6. The van der Waals surface area contributed by atoms with Gasteiger partial charge in [-0.3, -0.25) is 9.69 Å². The van der Waals surface area contributed by atoms with Gasteiger partial charge in [-0.2, -0.15) is 0 Å². The Kier molecular flexibility index (Phi) is 7.58. The number of hydrogen-bond acceptors (Lipinski definition) is 6. The summed E-state index contributed by atoms with van der Waals surface area (Å²) in [6.07, 6.45) is 4.50. The number of rotatable bonds is 3. The number of aromatic nitrogens is 1. The molecule has 4 rings (SSSR count). The van der Waals surface area contributed by atoms with Gasteiger partial charge < -0.3 is 14.4 Å². The van der Waals surface area contributed by atoms with Crippen molar-refractivity contribution in [2.45, 2.75) is 45.3 Å². The minimum Gasteiger partial charge on any atom is -0.492 e. The van der Waals surface area contributed by atoms with Crippen molar-refractivity contribution in [3.8, 4) is 5.75 Å². The highest BCUT2D eigenvalue weighted by Crippen LogP contribution is 2.27. The predicted molar refractivity (Wildman–Crippen MR) is 123 cm³/mol. The van der Waals surface area contributed by atoms with Crippen LogP contribution in [0.15, 0.2) is 29.8 Å². The maximum absolute atomic E-state index is 13.1. The lowest BCUT2D eigenvalue weighted by Gasteiger charge is -2.38. The molecule has 1 aromatic carbocycles. The van der Waals surface area contributed by atoms with Crippen molar-refractivity contribution in [1.29, 1.82) is 0 Å². The third-order valence-electron chi connectivity index (χ3n) is 6.52. The van der Waals surface area contributed by atoms with Crippen LogP contribution in [0.4, 0.5) is 0 Å². The number of fused-ring (bicyclic) bond motifs is 4. The molecule has 2 aliphatic heterocycles. The number of carbonyl (C=O) groups is 1. The normalized spacial score (nSPS) is 23.7. The molecule has 0 aliphatic carbocycles. The Morgan fingerprint density at radius 2 is 2.13 bits per heavy atom. The SMILES string of the molecule is CO[C@H]1CCN2C[C@H]1CCCCN(Cc1scnc1C)CCOc1cccc(c1)C2=O. The van der Waals surface area contributed by atoms with Gasteiger partial charge in [0.25, 0.3) is 5.91 Å². The van der Waals surface area contributed by atoms with Gasteiger partial charge >= 0.3 is 0 Å². The summed E-state index contributed by atoms with van der Waals surface area (Å²) in [7, 11) is 1.80. The first-order valence-corrected chi connectivity index (χ1v) is 12.2. The third-order valence-corrected chi connectivity index (χ3v) is 7.44. The Hall–Kier alpha value is -1.96. The van der Waals surface area contributed by atoms with E-state index in [1.807, 2.05) is 34.7 Å². The van der Waals surface area contributed by atoms with Gasteiger partial charge in [0.1, 0.15) is 12.4 Å². The molecular formula is C24H33N3O3S. The molecule has 2 atom stereocenters. The highest BCUT2D eigenvalue weighted by Gasteiger charge is 2.31. The summed E-state index contributed by atoms with van der Waals surface area (Å²) in [5.41, 5.74) is 3.76. The van der Waals surface area contributed by atoms with Crippen molar-refractivity contribution in [2.75, 3.05) is 39.9 Å². The van der Waals surface area contributed by atoms with Gasteiger partial charge in [0.2, 0.25) is 0 Å². The zero-order valence-electron chi connectivity index (χ0n) is 18.6. The number of piperidine rings is 1. The first-order chi connectivity index (χ1) is 15.1. The topological polar surface area (TPSA) is 54.9 Å². The number of amides is 1. The summed E-state index contributed by atoms with van der Waals surface area (Å²) in [6, 6.07) is 7.63. The second-order valence-electron chi connectivity index (χ2n) is 8.58. The van der Waals surface area contributed by atoms with Crippen LogP contribution in [-0.2, 0) is 11.3 Å². The molecule has 0 radical (unpaired) electrons. The van der Waals surface area contributed by atoms with Crippen molar-refractivity contribution in [3.63, 3.8) is 0 Å². The fraction of sp³-hybridized carbons (Fsp3) is 0.583. The molecule has 4 bridgehead atoms. The molecule has 7 heteroatoms. The molecule has 6 nitrogen and oxygen atoms in total. The van der Waals surface area contributed by atoms with Gasteiger partial charge in [-0.25, -0.2) is 4.98 Å². The molecule has 1 aromatic heterocycles. The Morgan fingerprint density at radius 3 is 2.94 bits per heavy atom. The maximum atomic E-state index is 13.1. The Balaban J connectivity index is 1.51. The van der Waals surface area contributed by atoms with E-state index in [-0.39, 0.29) is 12.0 Å². The average Bonchev–Trinajstić information content (AvgIpc) is 3.19. The fourth-order valence-electron chi connectivity index (χ4n) is 4.67. The van der Waals surface area contributed by atoms with Crippen molar-refractivity contribution in [1.82, 2.24) is 14.8 Å². The van der Waals surface area contributed by atoms with Crippen molar-refractivity contribution >= 4 is 17.2 Å². The second-order valence-corrected chi connectivity index (χ2v) is 9.52. The minimum atomic E-state index is 0.0992. The number of thiazole rings is 1. The quantitative estimate of drug-likeness (QED) is 0.718. The van der Waals surface area contributed by atoms with Crippen LogP contribution in [0.25, 0.3) is 0 Å². The van der Waals surface area contributed by atoms with E-state index < -0.39 is 0 Å². The summed E-state index contributed by atoms with van der Waals surface area (Å²) in [5, 5.41) is 0. The van der Waals surface area contributed by atoms with E-state index in [4.69, 9.17) is 9.47 Å². The molecule has 2 aromatic rings. The third kappa shape index (κ3) is 5.64. The van der Waals surface area contributed by atoms with Crippen LogP contribution in [-0.4, -0.2) is 66.7 Å². The van der Waals surface area contributed by atoms with Gasteiger partial charge in [-0.05, 0) is 50.9 Å². The van der Waals surface area contributed by atoms with Crippen LogP contribution >= 0.6 is 11.3 Å². The lowest BCUT2D eigenvalue weighted by atomic mass is 9.89. The monoisotopic (exact) mass is 443 g/mol. The van der Waals surface area contributed by atoms with E-state index in [0.717, 1.165) is 69.9 Å². The van der Waals surface area contributed by atoms with Gasteiger partial charge in [-0.15, -0.1) is 11.3 Å². The van der Waals surface area contributed by atoms with Crippen molar-refractivity contribution in [2.24, 2.45) is 5.92 Å². The first kappa shape index (κ1) is 22.2. The van der Waals surface area contributed by atoms with Crippen LogP contribution in [0.3, 0.4) is 0 Å². The van der Waals surface area contributed by atoms with Crippen LogP contribution in [0.5, 0.6) is 5.75 Å². The highest BCUT2D eigenvalue weighted by atomic mass is 32.1. The van der Waals surface area contributed by atoms with Crippen LogP contribution in [0, 0.1) is 12.8 Å². The number of ether oxygens (including phenoxy) is 2. The Bertz CT molecular complexity index is 871. The van der Waals surface area contributed by atoms with Gasteiger partial charge in [0, 0.05) is 49.6 Å². The number of carbonyl (C=O) groups excluding carboxylic acids is 1. The summed E-state index contributed by atoms with van der Waals surface area (Å²) >= 11 is 1.73. The van der Waals surface area contributed by atoms with Gasteiger partial charge in [0.05, 0.1) is 17.3 Å². The zero-order valence-corrected chi connectivity index (χ0v) is 19.4. The summed E-state index contributed by atoms with van der Waals surface area (Å²) in [4.78, 5) is 23.3. The number of hydrogen-bond donors (Lipinski definition) is 0. The van der Waals surface area contributed by atoms with E-state index in [9.17, 15) is 4.79 Å². The summed E-state index contributed by atoms with van der Waals surface area (Å²) in [5.74, 6) is 1.25. The Labute approximate surface area is 189 Å². The first-order valence-electron chi connectivity index (χ1n) is 11.3. The summed E-state index contributed by atoms with van der Waals surface area (Å²) < 4.78 is 11.8. The number of aryl methyl sites for hydroxylation is 1. The number of nitrogens with zero attached hydrogens (tertiary/aromatic N) is 3. The van der Waals surface area contributed by atoms with E-state index >= 15 is 0 Å². The molecule has 1 saturated heterocycles. The molecular weight excluding hydrogens is 410 g/mol. The largest absolute Gasteiger partial charge is 0.492 e. The van der Waals surface area contributed by atoms with Crippen molar-refractivity contribution < 1.29 is 14.3 Å².